The molecule has 2 saturated heterocycles. The van der Waals surface area contributed by atoms with Crippen LogP contribution < -0.4 is 5.32 Å². The quantitative estimate of drug-likeness (QED) is 0.479. The van der Waals surface area contributed by atoms with Crippen LogP contribution in [0.1, 0.15) is 23.3 Å². The molecule has 10 heteroatoms. The first-order chi connectivity index (χ1) is 16.1. The minimum absolute atomic E-state index is 0.0352. The molecular formula is C23H21ClN6O2S. The predicted molar refractivity (Wildman–Crippen MR) is 126 cm³/mol. The molecule has 8 nitrogen and oxygen atoms in total. The molecule has 6 heterocycles. The molecule has 1 aliphatic carbocycles. The summed E-state index contributed by atoms with van der Waals surface area (Å²) in [4.78, 5) is 26.6. The molecule has 0 radical (unpaired) electrons. The molecule has 0 aromatic carbocycles. The molecule has 0 unspecified atom stereocenters. The highest BCUT2D eigenvalue weighted by atomic mass is 35.5. The summed E-state index contributed by atoms with van der Waals surface area (Å²) in [5, 5.41) is 9.26. The van der Waals surface area contributed by atoms with Crippen LogP contribution in [0.25, 0.3) is 15.7 Å². The van der Waals surface area contributed by atoms with Gasteiger partial charge in [0.25, 0.3) is 0 Å². The first-order valence-electron chi connectivity index (χ1n) is 11.2. The van der Waals surface area contributed by atoms with Crippen molar-refractivity contribution in [2.45, 2.75) is 37.8 Å². The van der Waals surface area contributed by atoms with Gasteiger partial charge in [0.05, 0.1) is 40.4 Å². The van der Waals surface area contributed by atoms with Gasteiger partial charge >= 0.3 is 0 Å². The van der Waals surface area contributed by atoms with Crippen molar-refractivity contribution < 1.29 is 9.53 Å². The molecule has 3 aliphatic rings. The fraction of sp³-hybridized carbons (Fsp3) is 0.391. The van der Waals surface area contributed by atoms with Crippen molar-refractivity contribution in [2.24, 2.45) is 5.92 Å². The molecule has 33 heavy (non-hydrogen) atoms. The van der Waals surface area contributed by atoms with Crippen LogP contribution in [-0.2, 0) is 22.4 Å². The van der Waals surface area contributed by atoms with Gasteiger partial charge < -0.3 is 15.0 Å². The van der Waals surface area contributed by atoms with Crippen molar-refractivity contribution in [3.8, 4) is 0 Å². The van der Waals surface area contributed by atoms with Crippen LogP contribution in [0.4, 0.5) is 11.5 Å². The van der Waals surface area contributed by atoms with E-state index >= 15 is 0 Å². The number of hydrogen-bond acceptors (Lipinski definition) is 7. The van der Waals surface area contributed by atoms with E-state index in [1.165, 1.54) is 10.4 Å². The maximum absolute atomic E-state index is 13.3. The van der Waals surface area contributed by atoms with E-state index < -0.39 is 0 Å². The SMILES string of the molecule is O=C([C@H]1CCc2c(sc3ncnc(Nc4cc5ccnn5cc4Cl)c23)C1)N1C[C@H]2C[C@@H]1CO2. The van der Waals surface area contributed by atoms with Crippen LogP contribution in [0, 0.1) is 5.92 Å². The van der Waals surface area contributed by atoms with Gasteiger partial charge in [-0.3, -0.25) is 4.79 Å². The summed E-state index contributed by atoms with van der Waals surface area (Å²) < 4.78 is 7.42. The van der Waals surface area contributed by atoms with Gasteiger partial charge in [0.2, 0.25) is 5.91 Å². The molecular weight excluding hydrogens is 460 g/mol. The minimum Gasteiger partial charge on any atom is -0.374 e. The number of likely N-dealkylation sites (tertiary alicyclic amines) is 1. The van der Waals surface area contributed by atoms with E-state index in [1.807, 2.05) is 12.1 Å². The summed E-state index contributed by atoms with van der Waals surface area (Å²) in [7, 11) is 0. The average molecular weight is 481 g/mol. The van der Waals surface area contributed by atoms with Gasteiger partial charge in [-0.05, 0) is 43.4 Å². The second-order valence-corrected chi connectivity index (χ2v) is 10.5. The van der Waals surface area contributed by atoms with Crippen LogP contribution in [-0.4, -0.2) is 55.7 Å². The maximum Gasteiger partial charge on any atom is 0.226 e. The number of aromatic nitrogens is 4. The van der Waals surface area contributed by atoms with Crippen molar-refractivity contribution >= 4 is 56.1 Å². The van der Waals surface area contributed by atoms with E-state index in [0.29, 0.717) is 17.5 Å². The lowest BCUT2D eigenvalue weighted by atomic mass is 9.86. The molecule has 2 bridgehead atoms. The first kappa shape index (κ1) is 19.7. The number of rotatable bonds is 3. The fourth-order valence-electron chi connectivity index (χ4n) is 5.48. The molecule has 0 saturated carbocycles. The smallest absolute Gasteiger partial charge is 0.226 e. The Morgan fingerprint density at radius 3 is 3.12 bits per heavy atom. The van der Waals surface area contributed by atoms with Crippen LogP contribution in [0.2, 0.25) is 5.02 Å². The van der Waals surface area contributed by atoms with E-state index in [9.17, 15) is 4.79 Å². The van der Waals surface area contributed by atoms with Gasteiger partial charge in [-0.2, -0.15) is 5.10 Å². The number of nitrogens with zero attached hydrogens (tertiary/aromatic N) is 5. The highest BCUT2D eigenvalue weighted by Gasteiger charge is 2.43. The number of carbonyl (C=O) groups excluding carboxylic acids is 1. The van der Waals surface area contributed by atoms with Gasteiger partial charge in [0.15, 0.2) is 0 Å². The Bertz CT molecular complexity index is 1420. The zero-order chi connectivity index (χ0) is 22.1. The molecule has 1 amide bonds. The molecule has 3 atom stereocenters. The molecule has 4 aromatic rings. The second kappa shape index (κ2) is 7.38. The number of aryl methyl sites for hydroxylation is 1. The lowest BCUT2D eigenvalue weighted by Crippen LogP contribution is -2.45. The fourth-order valence-corrected chi connectivity index (χ4v) is 6.94. The third-order valence-corrected chi connectivity index (χ3v) is 8.58. The normalized spacial score (nSPS) is 24.0. The van der Waals surface area contributed by atoms with Crippen LogP contribution in [0.15, 0.2) is 30.9 Å². The third kappa shape index (κ3) is 3.13. The third-order valence-electron chi connectivity index (χ3n) is 7.12. The predicted octanol–water partition coefficient (Wildman–Crippen LogP) is 3.84. The molecule has 0 spiro atoms. The lowest BCUT2D eigenvalue weighted by molar-refractivity contribution is -0.140. The summed E-state index contributed by atoms with van der Waals surface area (Å²) in [6, 6.07) is 4.16. The Hall–Kier alpha value is -2.75. The second-order valence-electron chi connectivity index (χ2n) is 9.04. The number of halogens is 1. The summed E-state index contributed by atoms with van der Waals surface area (Å²) in [5.41, 5.74) is 2.98. The van der Waals surface area contributed by atoms with Crippen molar-refractivity contribution in [3.63, 3.8) is 0 Å². The molecule has 168 valence electrons. The Kier molecular flexibility index (Phi) is 4.40. The monoisotopic (exact) mass is 480 g/mol. The number of hydrogen-bond donors (Lipinski definition) is 1. The van der Waals surface area contributed by atoms with Crippen molar-refractivity contribution in [2.75, 3.05) is 18.5 Å². The number of morpholine rings is 1. The molecule has 2 fully saturated rings. The summed E-state index contributed by atoms with van der Waals surface area (Å²) in [6.45, 7) is 1.44. The highest BCUT2D eigenvalue weighted by Crippen LogP contribution is 2.42. The number of thiophene rings is 1. The topological polar surface area (TPSA) is 84.7 Å². The maximum atomic E-state index is 13.3. The Balaban J connectivity index is 1.20. The van der Waals surface area contributed by atoms with Gasteiger partial charge in [0.1, 0.15) is 17.0 Å². The van der Waals surface area contributed by atoms with Crippen LogP contribution in [0.5, 0.6) is 0 Å². The first-order valence-corrected chi connectivity index (χ1v) is 12.4. The number of amides is 1. The van der Waals surface area contributed by atoms with Gasteiger partial charge in [-0.15, -0.1) is 11.3 Å². The molecule has 1 N–H and O–H groups in total. The average Bonchev–Trinajstić information content (AvgIpc) is 3.61. The van der Waals surface area contributed by atoms with E-state index in [2.05, 4.69) is 25.3 Å². The molecule has 2 aliphatic heterocycles. The summed E-state index contributed by atoms with van der Waals surface area (Å²) in [5.74, 6) is 1.08. The summed E-state index contributed by atoms with van der Waals surface area (Å²) >= 11 is 8.18. The number of nitrogens with one attached hydrogen (secondary N) is 1. The van der Waals surface area contributed by atoms with Crippen molar-refractivity contribution in [1.29, 1.82) is 0 Å². The highest BCUT2D eigenvalue weighted by molar-refractivity contribution is 7.19. The van der Waals surface area contributed by atoms with E-state index in [-0.39, 0.29) is 18.1 Å². The Labute approximate surface area is 198 Å². The van der Waals surface area contributed by atoms with E-state index in [1.54, 1.807) is 34.6 Å². The number of ether oxygens (including phenoxy) is 1. The Morgan fingerprint density at radius 1 is 1.33 bits per heavy atom. The zero-order valence-corrected chi connectivity index (χ0v) is 19.3. The van der Waals surface area contributed by atoms with E-state index in [0.717, 1.165) is 59.5 Å². The lowest BCUT2D eigenvalue weighted by Gasteiger charge is -2.32. The van der Waals surface area contributed by atoms with Gasteiger partial charge in [0, 0.05) is 29.7 Å². The number of pyridine rings is 1. The summed E-state index contributed by atoms with van der Waals surface area (Å²) in [6.07, 6.45) is 8.81. The number of anilines is 2. The Morgan fingerprint density at radius 2 is 2.27 bits per heavy atom. The molecule has 7 rings (SSSR count). The van der Waals surface area contributed by atoms with E-state index in [4.69, 9.17) is 16.3 Å². The van der Waals surface area contributed by atoms with Crippen LogP contribution in [0.3, 0.4) is 0 Å². The van der Waals surface area contributed by atoms with Gasteiger partial charge in [-0.1, -0.05) is 11.6 Å². The zero-order valence-electron chi connectivity index (χ0n) is 17.7. The number of carbonyl (C=O) groups is 1. The largest absolute Gasteiger partial charge is 0.374 e. The number of fused-ring (bicyclic) bond motifs is 6. The van der Waals surface area contributed by atoms with Crippen LogP contribution >= 0.6 is 22.9 Å². The van der Waals surface area contributed by atoms with Gasteiger partial charge in [-0.25, -0.2) is 14.5 Å². The van der Waals surface area contributed by atoms with Crippen molar-refractivity contribution in [1.82, 2.24) is 24.5 Å². The standard InChI is InChI=1S/C23H21ClN6O2S/c24-17-9-30-13(3-4-27-30)7-18(17)28-21-20-16-2-1-12(5-19(16)33-22(20)26-11-25-21)23(31)29-8-15-6-14(29)10-32-15/h3-4,7,9,11-12,14-15H,1-2,5-6,8,10H2,(H,25,26,28)/t12-,14+,15+/m0/s1. The van der Waals surface area contributed by atoms with Crippen molar-refractivity contribution in [3.05, 3.63) is 46.3 Å². The minimum atomic E-state index is 0.0352. The molecule has 4 aromatic heterocycles.